The second-order valence-corrected chi connectivity index (χ2v) is 5.51. The van der Waals surface area contributed by atoms with Gasteiger partial charge in [-0.2, -0.15) is 0 Å². The van der Waals surface area contributed by atoms with Crippen LogP contribution in [0.5, 0.6) is 5.88 Å². The van der Waals surface area contributed by atoms with Gasteiger partial charge in [0.15, 0.2) is 5.96 Å². The molecule has 2 rings (SSSR count). The summed E-state index contributed by atoms with van der Waals surface area (Å²) in [6, 6.07) is 3.83. The van der Waals surface area contributed by atoms with E-state index in [9.17, 15) is 4.79 Å². The van der Waals surface area contributed by atoms with Crippen LogP contribution in [-0.4, -0.2) is 73.3 Å². The van der Waals surface area contributed by atoms with Gasteiger partial charge in [-0.15, -0.1) is 0 Å². The lowest BCUT2D eigenvalue weighted by molar-refractivity contribution is 0.0914. The monoisotopic (exact) mass is 349 g/mol. The molecule has 1 amide bonds. The minimum atomic E-state index is -0.246. The SMILES string of the molecule is CCNC(=NCc1cccnc1OC)N1CCN(C(=O)OCC)CC1. The van der Waals surface area contributed by atoms with Gasteiger partial charge in [0, 0.05) is 44.5 Å². The van der Waals surface area contributed by atoms with E-state index in [-0.39, 0.29) is 6.09 Å². The molecule has 0 spiro atoms. The average Bonchev–Trinajstić information content (AvgIpc) is 2.65. The molecule has 0 unspecified atom stereocenters. The lowest BCUT2D eigenvalue weighted by atomic mass is 10.3. The Bertz CT molecular complexity index is 585. The van der Waals surface area contributed by atoms with Gasteiger partial charge in [0.05, 0.1) is 20.3 Å². The largest absolute Gasteiger partial charge is 0.481 e. The zero-order valence-electron chi connectivity index (χ0n) is 15.2. The predicted octanol–water partition coefficient (Wildman–Crippen LogP) is 1.33. The fourth-order valence-electron chi connectivity index (χ4n) is 2.63. The van der Waals surface area contributed by atoms with Gasteiger partial charge in [0.1, 0.15) is 0 Å². The third-order valence-electron chi connectivity index (χ3n) is 3.88. The summed E-state index contributed by atoms with van der Waals surface area (Å²) in [7, 11) is 1.61. The number of piperazine rings is 1. The maximum Gasteiger partial charge on any atom is 0.409 e. The minimum absolute atomic E-state index is 0.246. The van der Waals surface area contributed by atoms with Gasteiger partial charge < -0.3 is 24.6 Å². The van der Waals surface area contributed by atoms with Crippen LogP contribution in [0.25, 0.3) is 0 Å². The van der Waals surface area contributed by atoms with Gasteiger partial charge in [-0.25, -0.2) is 14.8 Å². The number of nitrogens with zero attached hydrogens (tertiary/aromatic N) is 4. The van der Waals surface area contributed by atoms with Crippen molar-refractivity contribution in [2.45, 2.75) is 20.4 Å². The van der Waals surface area contributed by atoms with Crippen molar-refractivity contribution >= 4 is 12.1 Å². The van der Waals surface area contributed by atoms with Crippen LogP contribution in [0.2, 0.25) is 0 Å². The minimum Gasteiger partial charge on any atom is -0.481 e. The van der Waals surface area contributed by atoms with Gasteiger partial charge in [-0.1, -0.05) is 6.07 Å². The van der Waals surface area contributed by atoms with Crippen molar-refractivity contribution in [1.82, 2.24) is 20.1 Å². The molecule has 138 valence electrons. The molecule has 0 bridgehead atoms. The smallest absolute Gasteiger partial charge is 0.409 e. The van der Waals surface area contributed by atoms with E-state index in [1.807, 2.05) is 26.0 Å². The molecule has 8 heteroatoms. The van der Waals surface area contributed by atoms with E-state index in [1.54, 1.807) is 18.2 Å². The maximum absolute atomic E-state index is 11.8. The molecule has 25 heavy (non-hydrogen) atoms. The Morgan fingerprint density at radius 2 is 2.00 bits per heavy atom. The Labute approximate surface area is 148 Å². The Balaban J connectivity index is 2.00. The first-order chi connectivity index (χ1) is 12.2. The van der Waals surface area contributed by atoms with Crippen molar-refractivity contribution in [3.63, 3.8) is 0 Å². The molecule has 0 radical (unpaired) electrons. The molecule has 2 heterocycles. The van der Waals surface area contributed by atoms with Crippen LogP contribution in [0, 0.1) is 0 Å². The number of hydrogen-bond donors (Lipinski definition) is 1. The molecule has 0 atom stereocenters. The first-order valence-corrected chi connectivity index (χ1v) is 8.62. The Morgan fingerprint density at radius 1 is 1.28 bits per heavy atom. The van der Waals surface area contributed by atoms with Crippen molar-refractivity contribution in [1.29, 1.82) is 0 Å². The van der Waals surface area contributed by atoms with Crippen LogP contribution in [0.1, 0.15) is 19.4 Å². The number of aromatic nitrogens is 1. The van der Waals surface area contributed by atoms with E-state index in [0.717, 1.165) is 31.2 Å². The number of aliphatic imine (C=N–C) groups is 1. The fraction of sp³-hybridized carbons (Fsp3) is 0.588. The quantitative estimate of drug-likeness (QED) is 0.638. The van der Waals surface area contributed by atoms with Crippen molar-refractivity contribution in [3.8, 4) is 5.88 Å². The Kier molecular flexibility index (Phi) is 7.31. The molecule has 1 saturated heterocycles. The second-order valence-electron chi connectivity index (χ2n) is 5.51. The summed E-state index contributed by atoms with van der Waals surface area (Å²) in [6.45, 7) is 8.20. The molecule has 1 N–H and O–H groups in total. The normalized spacial score (nSPS) is 15.1. The van der Waals surface area contributed by atoms with E-state index >= 15 is 0 Å². The van der Waals surface area contributed by atoms with Crippen molar-refractivity contribution in [2.75, 3.05) is 46.4 Å². The van der Waals surface area contributed by atoms with Crippen molar-refractivity contribution in [2.24, 2.45) is 4.99 Å². The summed E-state index contributed by atoms with van der Waals surface area (Å²) in [5.41, 5.74) is 0.936. The topological polar surface area (TPSA) is 79.3 Å². The van der Waals surface area contributed by atoms with Crippen LogP contribution >= 0.6 is 0 Å². The average molecular weight is 349 g/mol. The number of carbonyl (C=O) groups excluding carboxylic acids is 1. The summed E-state index contributed by atoms with van der Waals surface area (Å²) in [5, 5.41) is 3.31. The Hall–Kier alpha value is -2.51. The number of nitrogens with one attached hydrogen (secondary N) is 1. The number of rotatable bonds is 5. The third kappa shape index (κ3) is 5.23. The van der Waals surface area contributed by atoms with E-state index in [4.69, 9.17) is 14.5 Å². The van der Waals surface area contributed by atoms with Gasteiger partial charge >= 0.3 is 6.09 Å². The number of carbonyl (C=O) groups is 1. The molecular weight excluding hydrogens is 322 g/mol. The highest BCUT2D eigenvalue weighted by Crippen LogP contribution is 2.15. The summed E-state index contributed by atoms with van der Waals surface area (Å²) >= 11 is 0. The van der Waals surface area contributed by atoms with E-state index in [1.165, 1.54) is 0 Å². The summed E-state index contributed by atoms with van der Waals surface area (Å²) in [5.74, 6) is 1.42. The number of ether oxygens (including phenoxy) is 2. The first kappa shape index (κ1) is 18.8. The lowest BCUT2D eigenvalue weighted by Gasteiger charge is -2.35. The van der Waals surface area contributed by atoms with Crippen molar-refractivity contribution < 1.29 is 14.3 Å². The van der Waals surface area contributed by atoms with E-state index < -0.39 is 0 Å². The van der Waals surface area contributed by atoms with Crippen molar-refractivity contribution in [3.05, 3.63) is 23.9 Å². The summed E-state index contributed by atoms with van der Waals surface area (Å²) < 4.78 is 10.3. The zero-order chi connectivity index (χ0) is 18.1. The second kappa shape index (κ2) is 9.71. The standard InChI is InChI=1S/C17H27N5O3/c1-4-18-16(20-13-14-7-6-8-19-15(14)24-3)21-9-11-22(12-10-21)17(23)25-5-2/h6-8H,4-5,9-13H2,1-3H3,(H,18,20). The predicted molar refractivity (Wildman–Crippen MR) is 95.8 cm³/mol. The highest BCUT2D eigenvalue weighted by molar-refractivity contribution is 5.80. The van der Waals surface area contributed by atoms with Crippen LogP contribution in [0.4, 0.5) is 4.79 Å². The van der Waals surface area contributed by atoms with Crippen LogP contribution < -0.4 is 10.1 Å². The fourth-order valence-corrected chi connectivity index (χ4v) is 2.63. The molecule has 1 fully saturated rings. The first-order valence-electron chi connectivity index (χ1n) is 8.62. The molecular formula is C17H27N5O3. The van der Waals surface area contributed by atoms with E-state index in [2.05, 4.69) is 15.2 Å². The van der Waals surface area contributed by atoms with Gasteiger partial charge in [-0.05, 0) is 19.9 Å². The third-order valence-corrected chi connectivity index (χ3v) is 3.88. The number of methoxy groups -OCH3 is 1. The van der Waals surface area contributed by atoms with Crippen LogP contribution in [-0.2, 0) is 11.3 Å². The van der Waals surface area contributed by atoms with Gasteiger partial charge in [0.2, 0.25) is 5.88 Å². The molecule has 8 nitrogen and oxygen atoms in total. The van der Waals surface area contributed by atoms with Crippen LogP contribution in [0.3, 0.4) is 0 Å². The summed E-state index contributed by atoms with van der Waals surface area (Å²) in [4.78, 5) is 24.6. The molecule has 0 aliphatic carbocycles. The zero-order valence-corrected chi connectivity index (χ0v) is 15.2. The molecule has 0 aromatic carbocycles. The number of pyridine rings is 1. The van der Waals surface area contributed by atoms with Crippen LogP contribution in [0.15, 0.2) is 23.3 Å². The number of amides is 1. The number of hydrogen-bond acceptors (Lipinski definition) is 5. The molecule has 1 aliphatic heterocycles. The number of guanidine groups is 1. The summed E-state index contributed by atoms with van der Waals surface area (Å²) in [6.07, 6.45) is 1.45. The lowest BCUT2D eigenvalue weighted by Crippen LogP contribution is -2.53. The molecule has 1 aromatic heterocycles. The molecule has 1 aliphatic rings. The maximum atomic E-state index is 11.8. The van der Waals surface area contributed by atoms with Gasteiger partial charge in [-0.3, -0.25) is 0 Å². The molecule has 0 saturated carbocycles. The highest BCUT2D eigenvalue weighted by Gasteiger charge is 2.23. The highest BCUT2D eigenvalue weighted by atomic mass is 16.6. The van der Waals surface area contributed by atoms with Gasteiger partial charge in [0.25, 0.3) is 0 Å². The Morgan fingerprint density at radius 3 is 2.64 bits per heavy atom. The molecule has 1 aromatic rings. The van der Waals surface area contributed by atoms with E-state index in [0.29, 0.717) is 32.1 Å².